The number of halogens is 3. The summed E-state index contributed by atoms with van der Waals surface area (Å²) >= 11 is 18.5. The van der Waals surface area contributed by atoms with Crippen LogP contribution in [-0.2, 0) is 13.2 Å². The molecule has 1 N–H and O–H groups in total. The third-order valence-corrected chi connectivity index (χ3v) is 4.94. The van der Waals surface area contributed by atoms with E-state index in [0.29, 0.717) is 39.7 Å². The van der Waals surface area contributed by atoms with Crippen LogP contribution in [-0.4, -0.2) is 39.2 Å². The summed E-state index contributed by atoms with van der Waals surface area (Å²) in [7, 11) is 5.75. The van der Waals surface area contributed by atoms with Crippen LogP contribution in [0.5, 0.6) is 11.5 Å². The maximum atomic E-state index is 6.43. The molecule has 0 bridgehead atoms. The van der Waals surface area contributed by atoms with Gasteiger partial charge in [0.1, 0.15) is 6.61 Å². The minimum absolute atomic E-state index is 0.296. The summed E-state index contributed by atoms with van der Waals surface area (Å²) in [6.07, 6.45) is 1.07. The lowest BCUT2D eigenvalue weighted by atomic mass is 10.2. The number of hydrogen-bond donors (Lipinski definition) is 1. The van der Waals surface area contributed by atoms with E-state index in [4.69, 9.17) is 44.3 Å². The molecule has 0 atom stereocenters. The van der Waals surface area contributed by atoms with Crippen LogP contribution >= 0.6 is 34.8 Å². The van der Waals surface area contributed by atoms with Crippen molar-refractivity contribution in [2.24, 2.45) is 0 Å². The Morgan fingerprint density at radius 1 is 0.963 bits per heavy atom. The zero-order valence-corrected chi connectivity index (χ0v) is 18.1. The zero-order valence-electron chi connectivity index (χ0n) is 15.8. The number of ether oxygens (including phenoxy) is 2. The predicted molar refractivity (Wildman–Crippen MR) is 114 cm³/mol. The van der Waals surface area contributed by atoms with Gasteiger partial charge < -0.3 is 19.7 Å². The van der Waals surface area contributed by atoms with E-state index in [9.17, 15) is 0 Å². The molecule has 0 aliphatic carbocycles. The highest BCUT2D eigenvalue weighted by Gasteiger charge is 2.12. The molecule has 0 saturated carbocycles. The molecule has 0 aliphatic heterocycles. The SMILES string of the molecule is COc1cc(CNCCCN(C)C)c(Cl)cc1OCc1ccc(Cl)cc1Cl. The van der Waals surface area contributed by atoms with Crippen molar-refractivity contribution in [1.82, 2.24) is 10.2 Å². The molecule has 2 rings (SSSR count). The topological polar surface area (TPSA) is 33.7 Å². The Balaban J connectivity index is 2.00. The Morgan fingerprint density at radius 2 is 1.70 bits per heavy atom. The van der Waals surface area contributed by atoms with Gasteiger partial charge in [-0.05, 0) is 57.4 Å². The molecule has 0 saturated heterocycles. The van der Waals surface area contributed by atoms with Crippen LogP contribution in [0.3, 0.4) is 0 Å². The zero-order chi connectivity index (χ0) is 19.8. The Labute approximate surface area is 176 Å². The average Bonchev–Trinajstić information content (AvgIpc) is 2.61. The lowest BCUT2D eigenvalue weighted by Crippen LogP contribution is -2.21. The van der Waals surface area contributed by atoms with Crippen molar-refractivity contribution in [1.29, 1.82) is 0 Å². The van der Waals surface area contributed by atoms with Gasteiger partial charge in [0.05, 0.1) is 7.11 Å². The number of methoxy groups -OCH3 is 1. The molecule has 7 heteroatoms. The van der Waals surface area contributed by atoms with Gasteiger partial charge in [-0.2, -0.15) is 0 Å². The van der Waals surface area contributed by atoms with Crippen molar-refractivity contribution in [2.45, 2.75) is 19.6 Å². The van der Waals surface area contributed by atoms with Gasteiger partial charge in [-0.3, -0.25) is 0 Å². The first-order chi connectivity index (χ1) is 12.9. The van der Waals surface area contributed by atoms with Crippen molar-refractivity contribution in [3.63, 3.8) is 0 Å². The predicted octanol–water partition coefficient (Wildman–Crippen LogP) is 5.28. The van der Waals surface area contributed by atoms with Gasteiger partial charge in [-0.1, -0.05) is 40.9 Å². The molecule has 0 fully saturated rings. The lowest BCUT2D eigenvalue weighted by molar-refractivity contribution is 0.284. The van der Waals surface area contributed by atoms with Gasteiger partial charge in [0.2, 0.25) is 0 Å². The Hall–Kier alpha value is -1.17. The van der Waals surface area contributed by atoms with E-state index < -0.39 is 0 Å². The smallest absolute Gasteiger partial charge is 0.163 e. The molecule has 0 spiro atoms. The maximum Gasteiger partial charge on any atom is 0.163 e. The second-order valence-electron chi connectivity index (χ2n) is 6.45. The molecule has 0 aliphatic rings. The molecule has 0 amide bonds. The first kappa shape index (κ1) is 22.1. The van der Waals surface area contributed by atoms with Gasteiger partial charge in [-0.25, -0.2) is 0 Å². The average molecular weight is 432 g/mol. The number of nitrogens with zero attached hydrogens (tertiary/aromatic N) is 1. The van der Waals surface area contributed by atoms with E-state index in [1.807, 2.05) is 12.1 Å². The number of rotatable bonds is 10. The van der Waals surface area contributed by atoms with Crippen LogP contribution in [0, 0.1) is 0 Å². The standard InChI is InChI=1S/C20H25Cl3N2O2/c1-25(2)8-4-7-24-12-15-9-19(26-3)20(11-18(15)23)27-13-14-5-6-16(21)10-17(14)22/h5-6,9-11,24H,4,7-8,12-13H2,1-3H3. The van der Waals surface area contributed by atoms with Gasteiger partial charge in [0, 0.05) is 33.2 Å². The molecule has 0 aromatic heterocycles. The molecule has 0 radical (unpaired) electrons. The highest BCUT2D eigenvalue weighted by molar-refractivity contribution is 6.35. The van der Waals surface area contributed by atoms with E-state index in [0.717, 1.165) is 30.6 Å². The quantitative estimate of drug-likeness (QED) is 0.519. The van der Waals surface area contributed by atoms with Gasteiger partial charge >= 0.3 is 0 Å². The van der Waals surface area contributed by atoms with Crippen molar-refractivity contribution in [3.05, 3.63) is 56.5 Å². The highest BCUT2D eigenvalue weighted by Crippen LogP contribution is 2.34. The van der Waals surface area contributed by atoms with E-state index in [2.05, 4.69) is 24.3 Å². The second kappa shape index (κ2) is 11.0. The minimum atomic E-state index is 0.296. The first-order valence-corrected chi connectivity index (χ1v) is 9.82. The number of nitrogens with one attached hydrogen (secondary N) is 1. The van der Waals surface area contributed by atoms with Gasteiger partial charge in [0.25, 0.3) is 0 Å². The van der Waals surface area contributed by atoms with Crippen LogP contribution in [0.1, 0.15) is 17.5 Å². The molecule has 27 heavy (non-hydrogen) atoms. The van der Waals surface area contributed by atoms with Gasteiger partial charge in [0.15, 0.2) is 11.5 Å². The van der Waals surface area contributed by atoms with E-state index in [1.54, 1.807) is 25.3 Å². The Bertz CT molecular complexity index is 754. The van der Waals surface area contributed by atoms with E-state index in [1.165, 1.54) is 0 Å². The summed E-state index contributed by atoms with van der Waals surface area (Å²) < 4.78 is 11.3. The fourth-order valence-electron chi connectivity index (χ4n) is 2.52. The van der Waals surface area contributed by atoms with Crippen molar-refractivity contribution in [2.75, 3.05) is 34.3 Å². The maximum absolute atomic E-state index is 6.43. The van der Waals surface area contributed by atoms with Crippen LogP contribution in [0.4, 0.5) is 0 Å². The molecule has 4 nitrogen and oxygen atoms in total. The van der Waals surface area contributed by atoms with Crippen LogP contribution in [0.15, 0.2) is 30.3 Å². The summed E-state index contributed by atoms with van der Waals surface area (Å²) in [5.74, 6) is 1.21. The molecule has 0 unspecified atom stereocenters. The second-order valence-corrected chi connectivity index (χ2v) is 7.70. The van der Waals surface area contributed by atoms with Crippen LogP contribution in [0.25, 0.3) is 0 Å². The molecule has 2 aromatic rings. The minimum Gasteiger partial charge on any atom is -0.493 e. The summed E-state index contributed by atoms with van der Waals surface area (Å²) in [6, 6.07) is 8.99. The molecular formula is C20H25Cl3N2O2. The number of hydrogen-bond acceptors (Lipinski definition) is 4. The molecule has 0 heterocycles. The molecule has 148 valence electrons. The van der Waals surface area contributed by atoms with Crippen LogP contribution in [0.2, 0.25) is 15.1 Å². The summed E-state index contributed by atoms with van der Waals surface area (Å²) in [5, 5.41) is 5.19. The fraction of sp³-hybridized carbons (Fsp3) is 0.400. The third-order valence-electron chi connectivity index (χ3n) is 4.01. The van der Waals surface area contributed by atoms with E-state index in [-0.39, 0.29) is 0 Å². The third kappa shape index (κ3) is 7.05. The molecule has 2 aromatic carbocycles. The summed E-state index contributed by atoms with van der Waals surface area (Å²) in [5.41, 5.74) is 1.81. The normalized spacial score (nSPS) is 11.1. The lowest BCUT2D eigenvalue weighted by Gasteiger charge is -2.15. The monoisotopic (exact) mass is 430 g/mol. The summed E-state index contributed by atoms with van der Waals surface area (Å²) in [6.45, 7) is 2.94. The fourth-order valence-corrected chi connectivity index (χ4v) is 3.21. The van der Waals surface area contributed by atoms with Gasteiger partial charge in [-0.15, -0.1) is 0 Å². The number of benzene rings is 2. The Kier molecular flexibility index (Phi) is 9.00. The van der Waals surface area contributed by atoms with E-state index >= 15 is 0 Å². The van der Waals surface area contributed by atoms with Crippen molar-refractivity contribution < 1.29 is 9.47 Å². The highest BCUT2D eigenvalue weighted by atomic mass is 35.5. The Morgan fingerprint density at radius 3 is 2.37 bits per heavy atom. The first-order valence-electron chi connectivity index (χ1n) is 8.69. The van der Waals surface area contributed by atoms with Crippen molar-refractivity contribution in [3.8, 4) is 11.5 Å². The summed E-state index contributed by atoms with van der Waals surface area (Å²) in [4.78, 5) is 2.16. The molecular weight excluding hydrogens is 407 g/mol. The van der Waals surface area contributed by atoms with Crippen LogP contribution < -0.4 is 14.8 Å². The van der Waals surface area contributed by atoms with Crippen molar-refractivity contribution >= 4 is 34.8 Å². The largest absolute Gasteiger partial charge is 0.493 e.